The van der Waals surface area contributed by atoms with Gasteiger partial charge in [0.25, 0.3) is 5.91 Å². The van der Waals surface area contributed by atoms with Crippen LogP contribution in [0.4, 0.5) is 11.5 Å². The lowest BCUT2D eigenvalue weighted by molar-refractivity contribution is -0.143. The first-order valence-electron chi connectivity index (χ1n) is 8.94. The van der Waals surface area contributed by atoms with Crippen LogP contribution >= 0.6 is 0 Å². The Morgan fingerprint density at radius 1 is 1.08 bits per heavy atom. The number of anilines is 2. The fourth-order valence-corrected chi connectivity index (χ4v) is 3.18. The molecule has 1 fully saturated rings. The molecule has 1 aromatic carbocycles. The largest absolute Gasteiger partial charge is 0.341 e. The Morgan fingerprint density at radius 3 is 2.42 bits per heavy atom. The van der Waals surface area contributed by atoms with Crippen LogP contribution in [0.15, 0.2) is 48.7 Å². The fraction of sp³-hybridized carbons (Fsp3) is 0.350. The molecule has 0 spiro atoms. The van der Waals surface area contributed by atoms with Crippen molar-refractivity contribution in [2.45, 2.75) is 45.1 Å². The van der Waals surface area contributed by atoms with E-state index >= 15 is 0 Å². The molecule has 6 nitrogen and oxygen atoms in total. The van der Waals surface area contributed by atoms with Crippen LogP contribution in [0.1, 0.15) is 49.4 Å². The van der Waals surface area contributed by atoms with Crippen LogP contribution < -0.4 is 10.4 Å². The standard InChI is InChI=1S/C20H23N3O3/c1-15(24)26-23(17-7-3-2-4-8-17)18-12-10-16(11-13-18)20(25)22-19-9-5-6-14-21-19/h5-6,9-14,17H,2-4,7-8H2,1H3,(H,21,22,25). The number of pyridine rings is 1. The van der Waals surface area contributed by atoms with Gasteiger partial charge >= 0.3 is 5.97 Å². The van der Waals surface area contributed by atoms with Gasteiger partial charge in [-0.15, -0.1) is 0 Å². The molecule has 0 atom stereocenters. The number of hydrogen-bond donors (Lipinski definition) is 1. The number of aromatic nitrogens is 1. The lowest BCUT2D eigenvalue weighted by atomic mass is 9.95. The van der Waals surface area contributed by atoms with Crippen LogP contribution in [0.2, 0.25) is 0 Å². The van der Waals surface area contributed by atoms with Crippen molar-refractivity contribution in [1.82, 2.24) is 4.98 Å². The van der Waals surface area contributed by atoms with Gasteiger partial charge in [-0.3, -0.25) is 9.59 Å². The number of nitrogens with zero attached hydrogens (tertiary/aromatic N) is 2. The van der Waals surface area contributed by atoms with E-state index in [-0.39, 0.29) is 17.9 Å². The molecule has 1 heterocycles. The third-order valence-corrected chi connectivity index (χ3v) is 4.42. The van der Waals surface area contributed by atoms with Gasteiger partial charge in [0.2, 0.25) is 0 Å². The van der Waals surface area contributed by atoms with Crippen LogP contribution in [-0.4, -0.2) is 22.9 Å². The molecule has 1 saturated carbocycles. The molecule has 0 saturated heterocycles. The van der Waals surface area contributed by atoms with Gasteiger partial charge in [-0.25, -0.2) is 10.0 Å². The van der Waals surface area contributed by atoms with Gasteiger partial charge in [0.05, 0.1) is 11.7 Å². The van der Waals surface area contributed by atoms with Crippen molar-refractivity contribution in [3.63, 3.8) is 0 Å². The summed E-state index contributed by atoms with van der Waals surface area (Å²) in [5.74, 6) is -0.0650. The molecule has 6 heteroatoms. The Hall–Kier alpha value is -2.89. The Labute approximate surface area is 153 Å². The van der Waals surface area contributed by atoms with Crippen molar-refractivity contribution in [1.29, 1.82) is 0 Å². The van der Waals surface area contributed by atoms with E-state index in [4.69, 9.17) is 4.84 Å². The lowest BCUT2D eigenvalue weighted by Gasteiger charge is -2.33. The Bertz CT molecular complexity index is 741. The number of hydrogen-bond acceptors (Lipinski definition) is 5. The molecule has 136 valence electrons. The summed E-state index contributed by atoms with van der Waals surface area (Å²) >= 11 is 0. The number of benzene rings is 1. The molecule has 0 radical (unpaired) electrons. The Kier molecular flexibility index (Phi) is 5.84. The van der Waals surface area contributed by atoms with E-state index in [0.717, 1.165) is 31.4 Å². The second kappa shape index (κ2) is 8.47. The average molecular weight is 353 g/mol. The predicted molar refractivity (Wildman–Crippen MR) is 99.8 cm³/mol. The zero-order chi connectivity index (χ0) is 18.4. The van der Waals surface area contributed by atoms with Crippen molar-refractivity contribution < 1.29 is 14.4 Å². The maximum atomic E-state index is 12.3. The molecule has 26 heavy (non-hydrogen) atoms. The van der Waals surface area contributed by atoms with Crippen molar-refractivity contribution in [2.75, 3.05) is 10.4 Å². The van der Waals surface area contributed by atoms with Gasteiger partial charge in [-0.05, 0) is 49.2 Å². The number of carbonyl (C=O) groups excluding carboxylic acids is 2. The smallest absolute Gasteiger partial charge is 0.329 e. The summed E-state index contributed by atoms with van der Waals surface area (Å²) in [7, 11) is 0. The van der Waals surface area contributed by atoms with Crippen LogP contribution in [0.25, 0.3) is 0 Å². The number of rotatable bonds is 5. The third-order valence-electron chi connectivity index (χ3n) is 4.42. The summed E-state index contributed by atoms with van der Waals surface area (Å²) in [6.07, 6.45) is 7.10. The highest BCUT2D eigenvalue weighted by Crippen LogP contribution is 2.28. The second-order valence-corrected chi connectivity index (χ2v) is 6.42. The fourth-order valence-electron chi connectivity index (χ4n) is 3.18. The van der Waals surface area contributed by atoms with E-state index in [1.54, 1.807) is 35.5 Å². The van der Waals surface area contributed by atoms with Gasteiger partial charge in [-0.1, -0.05) is 25.3 Å². The Morgan fingerprint density at radius 2 is 1.81 bits per heavy atom. The van der Waals surface area contributed by atoms with Gasteiger partial charge in [-0.2, -0.15) is 0 Å². The first kappa shape index (κ1) is 17.9. The quantitative estimate of drug-likeness (QED) is 0.824. The van der Waals surface area contributed by atoms with Crippen LogP contribution in [0.5, 0.6) is 0 Å². The predicted octanol–water partition coefficient (Wildman–Crippen LogP) is 3.95. The molecule has 0 bridgehead atoms. The number of nitrogens with one attached hydrogen (secondary N) is 1. The highest BCUT2D eigenvalue weighted by atomic mass is 16.7. The van der Waals surface area contributed by atoms with Crippen molar-refractivity contribution in [3.05, 3.63) is 54.2 Å². The Balaban J connectivity index is 1.73. The van der Waals surface area contributed by atoms with Crippen molar-refractivity contribution >= 4 is 23.4 Å². The molecule has 1 aromatic heterocycles. The highest BCUT2D eigenvalue weighted by molar-refractivity contribution is 6.03. The summed E-state index contributed by atoms with van der Waals surface area (Å²) in [6.45, 7) is 1.41. The molecule has 0 unspecified atom stereocenters. The first-order chi connectivity index (χ1) is 12.6. The molecule has 1 N–H and O–H groups in total. The van der Waals surface area contributed by atoms with Gasteiger partial charge in [0.15, 0.2) is 0 Å². The second-order valence-electron chi connectivity index (χ2n) is 6.42. The zero-order valence-corrected chi connectivity index (χ0v) is 14.9. The molecule has 0 aliphatic heterocycles. The topological polar surface area (TPSA) is 71.5 Å². The van der Waals surface area contributed by atoms with E-state index in [1.807, 2.05) is 18.2 Å². The minimum atomic E-state index is -0.340. The summed E-state index contributed by atoms with van der Waals surface area (Å²) < 4.78 is 0. The van der Waals surface area contributed by atoms with Crippen LogP contribution in [0, 0.1) is 0 Å². The van der Waals surface area contributed by atoms with E-state index in [2.05, 4.69) is 10.3 Å². The number of amides is 1. The van der Waals surface area contributed by atoms with Gasteiger partial charge in [0, 0.05) is 18.7 Å². The maximum absolute atomic E-state index is 12.3. The SMILES string of the molecule is CC(=O)ON(c1ccc(C(=O)Nc2ccccn2)cc1)C1CCCCC1. The number of carbonyl (C=O) groups is 2. The van der Waals surface area contributed by atoms with Crippen molar-refractivity contribution in [2.24, 2.45) is 0 Å². The molecular weight excluding hydrogens is 330 g/mol. The van der Waals surface area contributed by atoms with Crippen LogP contribution in [-0.2, 0) is 9.63 Å². The molecule has 3 rings (SSSR count). The summed E-state index contributed by atoms with van der Waals surface area (Å²) in [6, 6.07) is 12.6. The normalized spacial score (nSPS) is 14.5. The molecule has 1 amide bonds. The molecule has 2 aromatic rings. The van der Waals surface area contributed by atoms with E-state index in [9.17, 15) is 9.59 Å². The van der Waals surface area contributed by atoms with Crippen LogP contribution in [0.3, 0.4) is 0 Å². The van der Waals surface area contributed by atoms with E-state index in [1.165, 1.54) is 13.3 Å². The first-order valence-corrected chi connectivity index (χ1v) is 8.94. The minimum absolute atomic E-state index is 0.181. The molecular formula is C20H23N3O3. The lowest BCUT2D eigenvalue weighted by Crippen LogP contribution is -2.38. The number of hydroxylamine groups is 1. The summed E-state index contributed by atoms with van der Waals surface area (Å²) in [5, 5.41) is 4.45. The summed E-state index contributed by atoms with van der Waals surface area (Å²) in [5.41, 5.74) is 1.30. The monoisotopic (exact) mass is 353 g/mol. The molecule has 1 aliphatic carbocycles. The van der Waals surface area contributed by atoms with Gasteiger partial charge < -0.3 is 10.2 Å². The van der Waals surface area contributed by atoms with Gasteiger partial charge in [0.1, 0.15) is 5.82 Å². The third kappa shape index (κ3) is 4.59. The maximum Gasteiger partial charge on any atom is 0.329 e. The van der Waals surface area contributed by atoms with E-state index in [0.29, 0.717) is 11.4 Å². The van der Waals surface area contributed by atoms with Crippen molar-refractivity contribution in [3.8, 4) is 0 Å². The summed E-state index contributed by atoms with van der Waals surface area (Å²) in [4.78, 5) is 33.4. The average Bonchev–Trinajstić information content (AvgIpc) is 2.67. The minimum Gasteiger partial charge on any atom is -0.341 e. The van der Waals surface area contributed by atoms with E-state index < -0.39 is 0 Å². The zero-order valence-electron chi connectivity index (χ0n) is 14.9. The molecule has 1 aliphatic rings. The highest BCUT2D eigenvalue weighted by Gasteiger charge is 2.24.